The fraction of sp³-hybridized carbons (Fsp3) is 0.588. The minimum absolute atomic E-state index is 0. The molecule has 1 amide bonds. The number of benzene rings is 1. The lowest BCUT2D eigenvalue weighted by atomic mass is 9.92. The quantitative estimate of drug-likeness (QED) is 0.886. The zero-order valence-electron chi connectivity index (χ0n) is 13.5. The van der Waals surface area contributed by atoms with E-state index in [0.717, 1.165) is 42.9 Å². The van der Waals surface area contributed by atoms with Crippen LogP contribution >= 0.6 is 12.4 Å². The van der Waals surface area contributed by atoms with E-state index in [-0.39, 0.29) is 24.2 Å². The van der Waals surface area contributed by atoms with Gasteiger partial charge in [-0.1, -0.05) is 6.07 Å². The maximum Gasteiger partial charge on any atom is 0.223 e. The number of carbonyl (C=O) groups excluding carboxylic acids is 1. The van der Waals surface area contributed by atoms with Crippen molar-refractivity contribution in [3.63, 3.8) is 0 Å². The first-order valence-electron chi connectivity index (χ1n) is 8.12. The van der Waals surface area contributed by atoms with E-state index in [4.69, 9.17) is 9.47 Å². The van der Waals surface area contributed by atoms with Crippen molar-refractivity contribution in [2.24, 2.45) is 5.92 Å². The van der Waals surface area contributed by atoms with Crippen LogP contribution in [0.4, 0.5) is 0 Å². The van der Waals surface area contributed by atoms with Gasteiger partial charge in [-0.3, -0.25) is 4.79 Å². The highest BCUT2D eigenvalue weighted by molar-refractivity contribution is 5.85. The summed E-state index contributed by atoms with van der Waals surface area (Å²) in [6.07, 6.45) is 2.72. The molecule has 23 heavy (non-hydrogen) atoms. The molecular formula is C17H25ClN2O3. The van der Waals surface area contributed by atoms with E-state index in [2.05, 4.69) is 17.6 Å². The summed E-state index contributed by atoms with van der Waals surface area (Å²) in [7, 11) is 0. The average Bonchev–Trinajstić information content (AvgIpc) is 2.77. The van der Waals surface area contributed by atoms with Gasteiger partial charge in [-0.2, -0.15) is 0 Å². The van der Waals surface area contributed by atoms with Gasteiger partial charge in [0, 0.05) is 24.9 Å². The second-order valence-electron chi connectivity index (χ2n) is 6.13. The molecular weight excluding hydrogens is 316 g/mol. The predicted octanol–water partition coefficient (Wildman–Crippen LogP) is 2.27. The monoisotopic (exact) mass is 340 g/mol. The topological polar surface area (TPSA) is 59.6 Å². The first kappa shape index (κ1) is 17.9. The number of rotatable bonds is 3. The van der Waals surface area contributed by atoms with Crippen molar-refractivity contribution in [2.75, 3.05) is 19.8 Å². The van der Waals surface area contributed by atoms with E-state index in [0.29, 0.717) is 25.8 Å². The van der Waals surface area contributed by atoms with Gasteiger partial charge in [-0.25, -0.2) is 0 Å². The number of carbonyl (C=O) groups is 1. The molecule has 1 aromatic rings. The Morgan fingerprint density at radius 1 is 1.30 bits per heavy atom. The van der Waals surface area contributed by atoms with Crippen LogP contribution in [0.1, 0.15) is 31.7 Å². The van der Waals surface area contributed by atoms with E-state index in [1.165, 1.54) is 0 Å². The molecule has 0 aromatic heterocycles. The van der Waals surface area contributed by atoms with Gasteiger partial charge in [0.25, 0.3) is 0 Å². The van der Waals surface area contributed by atoms with E-state index in [1.807, 2.05) is 18.2 Å². The zero-order chi connectivity index (χ0) is 15.4. The van der Waals surface area contributed by atoms with Gasteiger partial charge in [-0.15, -0.1) is 12.4 Å². The smallest absolute Gasteiger partial charge is 0.223 e. The molecule has 0 unspecified atom stereocenters. The summed E-state index contributed by atoms with van der Waals surface area (Å²) in [6.45, 7) is 4.95. The second-order valence-corrected chi connectivity index (χ2v) is 6.13. The third-order valence-electron chi connectivity index (χ3n) is 4.27. The number of nitrogens with one attached hydrogen (secondary N) is 2. The van der Waals surface area contributed by atoms with Gasteiger partial charge < -0.3 is 20.1 Å². The number of piperidine rings is 1. The molecule has 6 heteroatoms. The summed E-state index contributed by atoms with van der Waals surface area (Å²) >= 11 is 0. The first-order chi connectivity index (χ1) is 10.7. The van der Waals surface area contributed by atoms with Crippen LogP contribution in [0.2, 0.25) is 0 Å². The maximum absolute atomic E-state index is 12.3. The average molecular weight is 341 g/mol. The standard InChI is InChI=1S/C17H24N2O3.ClH/c1-12-9-14(5-6-18-12)17(20)19-11-13-3-4-15-16(10-13)22-8-2-7-21-15;/h3-4,10,12,14,18H,2,5-9,11H2,1H3,(H,19,20);1H/t12-,14-;/m0./s1. The van der Waals surface area contributed by atoms with Crippen molar-refractivity contribution >= 4 is 18.3 Å². The Morgan fingerprint density at radius 2 is 2.09 bits per heavy atom. The molecule has 3 rings (SSSR count). The summed E-state index contributed by atoms with van der Waals surface area (Å²) in [5.74, 6) is 1.84. The minimum atomic E-state index is 0. The number of fused-ring (bicyclic) bond motifs is 1. The molecule has 0 radical (unpaired) electrons. The van der Waals surface area contributed by atoms with Crippen LogP contribution in [0, 0.1) is 5.92 Å². The van der Waals surface area contributed by atoms with Gasteiger partial charge in [0.2, 0.25) is 5.91 Å². The highest BCUT2D eigenvalue weighted by atomic mass is 35.5. The Bertz CT molecular complexity index is 539. The SMILES string of the molecule is C[C@H]1C[C@@H](C(=O)NCc2ccc3c(c2)OCCCO3)CCN1.Cl. The molecule has 0 bridgehead atoms. The van der Waals surface area contributed by atoms with E-state index in [9.17, 15) is 4.79 Å². The van der Waals surface area contributed by atoms with Crippen LogP contribution in [0.5, 0.6) is 11.5 Å². The van der Waals surface area contributed by atoms with Crippen LogP contribution < -0.4 is 20.1 Å². The summed E-state index contributed by atoms with van der Waals surface area (Å²) < 4.78 is 11.3. The molecule has 2 heterocycles. The Labute approximate surface area is 143 Å². The van der Waals surface area contributed by atoms with Gasteiger partial charge in [-0.05, 0) is 44.0 Å². The largest absolute Gasteiger partial charge is 0.490 e. The molecule has 0 saturated carbocycles. The molecule has 1 saturated heterocycles. The summed E-state index contributed by atoms with van der Waals surface area (Å²) in [5, 5.41) is 6.42. The lowest BCUT2D eigenvalue weighted by molar-refractivity contribution is -0.126. The van der Waals surface area contributed by atoms with Crippen LogP contribution in [0.3, 0.4) is 0 Å². The Morgan fingerprint density at radius 3 is 2.87 bits per heavy atom. The molecule has 0 aliphatic carbocycles. The minimum Gasteiger partial charge on any atom is -0.490 e. The number of hydrogen-bond donors (Lipinski definition) is 2. The van der Waals surface area contributed by atoms with Gasteiger partial charge in [0.15, 0.2) is 11.5 Å². The third-order valence-corrected chi connectivity index (χ3v) is 4.27. The van der Waals surface area contributed by atoms with Crippen LogP contribution in [0.25, 0.3) is 0 Å². The highest BCUT2D eigenvalue weighted by Gasteiger charge is 2.24. The van der Waals surface area contributed by atoms with Crippen molar-refractivity contribution in [3.8, 4) is 11.5 Å². The lowest BCUT2D eigenvalue weighted by Gasteiger charge is -2.27. The molecule has 1 fully saturated rings. The summed E-state index contributed by atoms with van der Waals surface area (Å²) in [6, 6.07) is 6.29. The number of halogens is 1. The molecule has 5 nitrogen and oxygen atoms in total. The normalized spacial score (nSPS) is 23.3. The zero-order valence-corrected chi connectivity index (χ0v) is 14.3. The Hall–Kier alpha value is -1.46. The van der Waals surface area contributed by atoms with Crippen molar-refractivity contribution in [1.82, 2.24) is 10.6 Å². The molecule has 2 N–H and O–H groups in total. The van der Waals surface area contributed by atoms with Crippen LogP contribution in [-0.2, 0) is 11.3 Å². The van der Waals surface area contributed by atoms with Gasteiger partial charge in [0.1, 0.15) is 0 Å². The number of ether oxygens (including phenoxy) is 2. The number of amides is 1. The maximum atomic E-state index is 12.3. The molecule has 2 aliphatic rings. The third kappa shape index (κ3) is 4.75. The summed E-state index contributed by atoms with van der Waals surface area (Å²) in [5.41, 5.74) is 1.04. The second kappa shape index (κ2) is 8.41. The molecule has 0 spiro atoms. The summed E-state index contributed by atoms with van der Waals surface area (Å²) in [4.78, 5) is 12.3. The lowest BCUT2D eigenvalue weighted by Crippen LogP contribution is -2.42. The van der Waals surface area contributed by atoms with Crippen molar-refractivity contribution < 1.29 is 14.3 Å². The van der Waals surface area contributed by atoms with Crippen molar-refractivity contribution in [1.29, 1.82) is 0 Å². The fourth-order valence-electron chi connectivity index (χ4n) is 3.02. The Balaban J connectivity index is 0.00000192. The van der Waals surface area contributed by atoms with E-state index >= 15 is 0 Å². The first-order valence-corrected chi connectivity index (χ1v) is 8.12. The van der Waals surface area contributed by atoms with Crippen molar-refractivity contribution in [3.05, 3.63) is 23.8 Å². The van der Waals surface area contributed by atoms with E-state index < -0.39 is 0 Å². The number of hydrogen-bond acceptors (Lipinski definition) is 4. The molecule has 128 valence electrons. The van der Waals surface area contributed by atoms with Gasteiger partial charge in [0.05, 0.1) is 13.2 Å². The molecule has 2 aliphatic heterocycles. The van der Waals surface area contributed by atoms with E-state index in [1.54, 1.807) is 0 Å². The molecule has 2 atom stereocenters. The highest BCUT2D eigenvalue weighted by Crippen LogP contribution is 2.30. The molecule has 1 aromatic carbocycles. The Kier molecular flexibility index (Phi) is 6.54. The van der Waals surface area contributed by atoms with Crippen molar-refractivity contribution in [2.45, 2.75) is 38.8 Å². The predicted molar refractivity (Wildman–Crippen MR) is 91.3 cm³/mol. The van der Waals surface area contributed by atoms with Crippen LogP contribution in [0.15, 0.2) is 18.2 Å². The fourth-order valence-corrected chi connectivity index (χ4v) is 3.02. The van der Waals surface area contributed by atoms with Crippen LogP contribution in [-0.4, -0.2) is 31.7 Å². The van der Waals surface area contributed by atoms with Gasteiger partial charge >= 0.3 is 0 Å².